The fraction of sp³-hybridized carbons (Fsp3) is 0.923. The predicted octanol–water partition coefficient (Wildman–Crippen LogP) is 2.49. The molecule has 1 amide bonds. The molecule has 0 spiro atoms. The van der Waals surface area contributed by atoms with Crippen LogP contribution < -0.4 is 10.6 Å². The van der Waals surface area contributed by atoms with Gasteiger partial charge in [-0.25, -0.2) is 4.79 Å². The van der Waals surface area contributed by atoms with Gasteiger partial charge in [0.1, 0.15) is 0 Å². The Morgan fingerprint density at radius 3 is 1.94 bits per heavy atom. The summed E-state index contributed by atoms with van der Waals surface area (Å²) in [6, 6.07) is 1.51. The van der Waals surface area contributed by atoms with Crippen molar-refractivity contribution in [2.24, 2.45) is 0 Å². The lowest BCUT2D eigenvalue weighted by molar-refractivity contribution is 0.182. The molecule has 0 atom stereocenters. The highest BCUT2D eigenvalue weighted by atomic mass is 16.4. The molecule has 2 aliphatic carbocycles. The molecular weight excluding hydrogens is 216 g/mol. The lowest BCUT2D eigenvalue weighted by Gasteiger charge is -2.33. The van der Waals surface area contributed by atoms with Gasteiger partial charge in [-0.3, -0.25) is 0 Å². The van der Waals surface area contributed by atoms with E-state index in [2.05, 4.69) is 10.6 Å². The zero-order valence-corrected chi connectivity index (χ0v) is 10.5. The molecule has 2 rings (SSSR count). The molecule has 2 aliphatic rings. The van der Waals surface area contributed by atoms with Crippen molar-refractivity contribution in [3.63, 3.8) is 0 Å². The van der Waals surface area contributed by atoms with E-state index in [0.29, 0.717) is 6.04 Å². The highest BCUT2D eigenvalue weighted by molar-refractivity contribution is 5.64. The van der Waals surface area contributed by atoms with Gasteiger partial charge in [-0.15, -0.1) is 0 Å². The van der Waals surface area contributed by atoms with Crippen LogP contribution in [0.4, 0.5) is 4.79 Å². The van der Waals surface area contributed by atoms with Gasteiger partial charge >= 0.3 is 6.09 Å². The van der Waals surface area contributed by atoms with Crippen LogP contribution in [0.25, 0.3) is 0 Å². The van der Waals surface area contributed by atoms with Crippen LogP contribution in [0.2, 0.25) is 0 Å². The summed E-state index contributed by atoms with van der Waals surface area (Å²) >= 11 is 0. The van der Waals surface area contributed by atoms with Crippen LogP contribution in [0.3, 0.4) is 0 Å². The van der Waals surface area contributed by atoms with E-state index in [9.17, 15) is 4.79 Å². The van der Waals surface area contributed by atoms with Crippen LogP contribution in [-0.2, 0) is 0 Å². The SMILES string of the molecule is O=C(O)N[C@H]1CC[C@@H](NC2CCCCC2)CC1. The van der Waals surface area contributed by atoms with Crippen LogP contribution in [-0.4, -0.2) is 29.3 Å². The van der Waals surface area contributed by atoms with Crippen LogP contribution >= 0.6 is 0 Å². The lowest BCUT2D eigenvalue weighted by atomic mass is 9.88. The highest BCUT2D eigenvalue weighted by Crippen LogP contribution is 2.23. The monoisotopic (exact) mass is 240 g/mol. The molecule has 0 aromatic rings. The van der Waals surface area contributed by atoms with Gasteiger partial charge in [0.15, 0.2) is 0 Å². The second-order valence-electron chi connectivity index (χ2n) is 5.50. The number of carbonyl (C=O) groups is 1. The molecule has 2 fully saturated rings. The molecule has 2 saturated carbocycles. The van der Waals surface area contributed by atoms with Gasteiger partial charge in [-0.2, -0.15) is 0 Å². The van der Waals surface area contributed by atoms with E-state index in [1.165, 1.54) is 32.1 Å². The zero-order valence-electron chi connectivity index (χ0n) is 10.5. The molecule has 17 heavy (non-hydrogen) atoms. The van der Waals surface area contributed by atoms with Gasteiger partial charge in [0, 0.05) is 18.1 Å². The van der Waals surface area contributed by atoms with Gasteiger partial charge in [0.05, 0.1) is 0 Å². The maximum atomic E-state index is 10.5. The average Bonchev–Trinajstić information content (AvgIpc) is 2.32. The Morgan fingerprint density at radius 2 is 1.35 bits per heavy atom. The van der Waals surface area contributed by atoms with Gasteiger partial charge in [0.25, 0.3) is 0 Å². The summed E-state index contributed by atoms with van der Waals surface area (Å²) in [6.45, 7) is 0. The van der Waals surface area contributed by atoms with Crippen molar-refractivity contribution in [1.82, 2.24) is 10.6 Å². The van der Waals surface area contributed by atoms with Crippen LogP contribution in [0.15, 0.2) is 0 Å². The summed E-state index contributed by atoms with van der Waals surface area (Å²) < 4.78 is 0. The highest BCUT2D eigenvalue weighted by Gasteiger charge is 2.24. The Labute approximate surface area is 103 Å². The molecule has 98 valence electrons. The predicted molar refractivity (Wildman–Crippen MR) is 67.2 cm³/mol. The summed E-state index contributed by atoms with van der Waals surface area (Å²) in [4.78, 5) is 10.5. The summed E-state index contributed by atoms with van der Waals surface area (Å²) in [5.41, 5.74) is 0. The average molecular weight is 240 g/mol. The van der Waals surface area contributed by atoms with Crippen molar-refractivity contribution in [3.05, 3.63) is 0 Å². The van der Waals surface area contributed by atoms with Crippen LogP contribution in [0.1, 0.15) is 57.8 Å². The van der Waals surface area contributed by atoms with Crippen molar-refractivity contribution < 1.29 is 9.90 Å². The molecule has 4 heteroatoms. The van der Waals surface area contributed by atoms with Crippen molar-refractivity contribution >= 4 is 6.09 Å². The molecular formula is C13H24N2O2. The first kappa shape index (κ1) is 12.7. The quantitative estimate of drug-likeness (QED) is 0.710. The van der Waals surface area contributed by atoms with E-state index in [4.69, 9.17) is 5.11 Å². The minimum absolute atomic E-state index is 0.178. The first-order valence-electron chi connectivity index (χ1n) is 6.99. The first-order valence-corrected chi connectivity index (χ1v) is 6.99. The van der Waals surface area contributed by atoms with E-state index in [1.807, 2.05) is 0 Å². The third kappa shape index (κ3) is 4.19. The third-order valence-electron chi connectivity index (χ3n) is 4.13. The minimum Gasteiger partial charge on any atom is -0.465 e. The molecule has 0 aromatic carbocycles. The van der Waals surface area contributed by atoms with E-state index < -0.39 is 6.09 Å². The molecule has 0 heterocycles. The lowest BCUT2D eigenvalue weighted by Crippen LogP contribution is -2.45. The Bertz CT molecular complexity index is 244. The number of rotatable bonds is 3. The van der Waals surface area contributed by atoms with Crippen LogP contribution in [0.5, 0.6) is 0 Å². The standard InChI is InChI=1S/C13H24N2O2/c16-13(17)15-12-8-6-11(7-9-12)14-10-4-2-1-3-5-10/h10-12,14-15H,1-9H2,(H,16,17)/t11-,12+. The Balaban J connectivity index is 1.66. The molecule has 3 N–H and O–H groups in total. The minimum atomic E-state index is -0.881. The normalized spacial score (nSPS) is 31.1. The molecule has 0 aromatic heterocycles. The number of hydrogen-bond acceptors (Lipinski definition) is 2. The van der Waals surface area contributed by atoms with Crippen molar-refractivity contribution in [3.8, 4) is 0 Å². The van der Waals surface area contributed by atoms with Crippen molar-refractivity contribution in [2.75, 3.05) is 0 Å². The van der Waals surface area contributed by atoms with Gasteiger partial charge in [0.2, 0.25) is 0 Å². The summed E-state index contributed by atoms with van der Waals surface area (Å²) in [6.07, 6.45) is 10.1. The van der Waals surface area contributed by atoms with E-state index >= 15 is 0 Å². The summed E-state index contributed by atoms with van der Waals surface area (Å²) in [5, 5.41) is 15.0. The van der Waals surface area contributed by atoms with Gasteiger partial charge in [-0.1, -0.05) is 19.3 Å². The number of nitrogens with one attached hydrogen (secondary N) is 2. The molecule has 0 saturated heterocycles. The number of carboxylic acid groups (broad SMARTS) is 1. The van der Waals surface area contributed by atoms with Gasteiger partial charge in [-0.05, 0) is 38.5 Å². The maximum absolute atomic E-state index is 10.5. The summed E-state index contributed by atoms with van der Waals surface area (Å²) in [7, 11) is 0. The topological polar surface area (TPSA) is 61.4 Å². The molecule has 0 unspecified atom stereocenters. The van der Waals surface area contributed by atoms with Crippen molar-refractivity contribution in [2.45, 2.75) is 75.9 Å². The van der Waals surface area contributed by atoms with E-state index in [0.717, 1.165) is 31.7 Å². The zero-order chi connectivity index (χ0) is 12.1. The second kappa shape index (κ2) is 6.24. The maximum Gasteiger partial charge on any atom is 0.404 e. The largest absolute Gasteiger partial charge is 0.465 e. The Morgan fingerprint density at radius 1 is 0.824 bits per heavy atom. The molecule has 0 bridgehead atoms. The fourth-order valence-electron chi connectivity index (χ4n) is 3.18. The fourth-order valence-corrected chi connectivity index (χ4v) is 3.18. The smallest absolute Gasteiger partial charge is 0.404 e. The van der Waals surface area contributed by atoms with Crippen LogP contribution in [0, 0.1) is 0 Å². The Hall–Kier alpha value is -0.770. The summed E-state index contributed by atoms with van der Waals surface area (Å²) in [5.74, 6) is 0. The first-order chi connectivity index (χ1) is 8.24. The molecule has 4 nitrogen and oxygen atoms in total. The van der Waals surface area contributed by atoms with E-state index in [1.54, 1.807) is 0 Å². The molecule has 0 aliphatic heterocycles. The number of amides is 1. The third-order valence-corrected chi connectivity index (χ3v) is 4.13. The second-order valence-corrected chi connectivity index (χ2v) is 5.50. The van der Waals surface area contributed by atoms with Gasteiger partial charge < -0.3 is 15.7 Å². The van der Waals surface area contributed by atoms with Crippen molar-refractivity contribution in [1.29, 1.82) is 0 Å². The Kier molecular flexibility index (Phi) is 4.66. The number of hydrogen-bond donors (Lipinski definition) is 3. The van der Waals surface area contributed by atoms with E-state index in [-0.39, 0.29) is 6.04 Å². The molecule has 0 radical (unpaired) electrons.